The lowest BCUT2D eigenvalue weighted by molar-refractivity contribution is -0.255. The van der Waals surface area contributed by atoms with Gasteiger partial charge in [0.1, 0.15) is 6.61 Å². The first-order valence-electron chi connectivity index (χ1n) is 8.99. The summed E-state index contributed by atoms with van der Waals surface area (Å²) in [5.74, 6) is -0.312. The predicted octanol–water partition coefficient (Wildman–Crippen LogP) is 4.36. The minimum absolute atomic E-state index is 0.0748. The Morgan fingerprint density at radius 2 is 1.83 bits per heavy atom. The average Bonchev–Trinajstić information content (AvgIpc) is 2.77. The van der Waals surface area contributed by atoms with E-state index in [1.165, 1.54) is 19.2 Å². The fourth-order valence-corrected chi connectivity index (χ4v) is 3.00. The number of hydrogen-bond donors (Lipinski definition) is 0. The first-order chi connectivity index (χ1) is 14.5. The standard InChI is InChI=1S/C24H18ClNO4/c1-29-22-7-3-5-18(13-20(14-26)17-8-10-21(25)11-9-17)23(22)30-15-16-4-2-6-19(12-16)24(27)28/h2-13H,15H2,1H3,(H,27,28)/p-1/b20-13-. The lowest BCUT2D eigenvalue weighted by Gasteiger charge is -2.14. The minimum atomic E-state index is -1.25. The van der Waals surface area contributed by atoms with Gasteiger partial charge in [-0.2, -0.15) is 5.26 Å². The second-order valence-electron chi connectivity index (χ2n) is 6.33. The Kier molecular flexibility index (Phi) is 6.74. The quantitative estimate of drug-likeness (QED) is 0.420. The number of nitriles is 1. The number of para-hydroxylation sites is 1. The molecule has 0 atom stereocenters. The number of methoxy groups -OCH3 is 1. The highest BCUT2D eigenvalue weighted by Crippen LogP contribution is 2.34. The largest absolute Gasteiger partial charge is 0.545 e. The molecule has 0 aliphatic rings. The Balaban J connectivity index is 1.95. The number of rotatable bonds is 7. The molecular formula is C24H17ClNO4-. The van der Waals surface area contributed by atoms with Gasteiger partial charge in [-0.25, -0.2) is 0 Å². The highest BCUT2D eigenvalue weighted by Gasteiger charge is 2.12. The van der Waals surface area contributed by atoms with Gasteiger partial charge in [-0.1, -0.05) is 54.1 Å². The summed E-state index contributed by atoms with van der Waals surface area (Å²) in [5, 5.41) is 21.3. The van der Waals surface area contributed by atoms with Crippen LogP contribution in [0.2, 0.25) is 5.02 Å². The molecule has 150 valence electrons. The summed E-state index contributed by atoms with van der Waals surface area (Å²) in [6.07, 6.45) is 1.71. The van der Waals surface area contributed by atoms with Crippen LogP contribution in [0.5, 0.6) is 11.5 Å². The van der Waals surface area contributed by atoms with E-state index in [1.54, 1.807) is 54.6 Å². The number of carboxylic acids is 1. The van der Waals surface area contributed by atoms with E-state index in [1.807, 2.05) is 6.07 Å². The van der Waals surface area contributed by atoms with Crippen LogP contribution in [0, 0.1) is 11.3 Å². The van der Waals surface area contributed by atoms with Gasteiger partial charge in [0.25, 0.3) is 0 Å². The fraction of sp³-hybridized carbons (Fsp3) is 0.0833. The number of aromatic carboxylic acids is 1. The molecule has 3 rings (SSSR count). The van der Waals surface area contributed by atoms with Gasteiger partial charge in [0, 0.05) is 10.6 Å². The smallest absolute Gasteiger partial charge is 0.168 e. The Hall–Kier alpha value is -3.75. The van der Waals surface area contributed by atoms with Crippen molar-refractivity contribution in [1.82, 2.24) is 0 Å². The maximum Gasteiger partial charge on any atom is 0.168 e. The third-order valence-corrected chi connectivity index (χ3v) is 4.60. The topological polar surface area (TPSA) is 82.4 Å². The molecule has 0 unspecified atom stereocenters. The molecule has 0 saturated carbocycles. The van der Waals surface area contributed by atoms with Crippen molar-refractivity contribution < 1.29 is 19.4 Å². The Morgan fingerprint density at radius 1 is 1.10 bits per heavy atom. The van der Waals surface area contributed by atoms with E-state index in [0.717, 1.165) is 5.56 Å². The van der Waals surface area contributed by atoms with Gasteiger partial charge in [-0.05, 0) is 47.0 Å². The number of hydrogen-bond acceptors (Lipinski definition) is 5. The summed E-state index contributed by atoms with van der Waals surface area (Å²) < 4.78 is 11.4. The van der Waals surface area contributed by atoms with E-state index in [-0.39, 0.29) is 12.2 Å². The van der Waals surface area contributed by atoms with Crippen LogP contribution in [0.15, 0.2) is 66.7 Å². The number of carboxylic acid groups (broad SMARTS) is 1. The van der Waals surface area contributed by atoms with Crippen LogP contribution in [0.25, 0.3) is 11.6 Å². The Morgan fingerprint density at radius 3 is 2.50 bits per heavy atom. The maximum absolute atomic E-state index is 11.1. The van der Waals surface area contributed by atoms with E-state index < -0.39 is 5.97 Å². The predicted molar refractivity (Wildman–Crippen MR) is 113 cm³/mol. The number of carbonyl (C=O) groups is 1. The third kappa shape index (κ3) is 4.99. The molecule has 5 nitrogen and oxygen atoms in total. The molecule has 3 aromatic carbocycles. The molecule has 0 heterocycles. The number of allylic oxidation sites excluding steroid dienone is 1. The normalized spacial score (nSPS) is 10.9. The van der Waals surface area contributed by atoms with Gasteiger partial charge in [0.15, 0.2) is 11.5 Å². The van der Waals surface area contributed by atoms with Gasteiger partial charge in [-0.3, -0.25) is 0 Å². The second-order valence-corrected chi connectivity index (χ2v) is 6.77. The lowest BCUT2D eigenvalue weighted by atomic mass is 10.0. The SMILES string of the molecule is COc1cccc(/C=C(/C#N)c2ccc(Cl)cc2)c1OCc1cccc(C(=O)[O-])c1. The number of carbonyl (C=O) groups excluding carboxylic acids is 1. The molecule has 0 saturated heterocycles. The first-order valence-corrected chi connectivity index (χ1v) is 9.37. The molecule has 0 aliphatic carbocycles. The molecule has 0 radical (unpaired) electrons. The number of ether oxygens (including phenoxy) is 2. The highest BCUT2D eigenvalue weighted by molar-refractivity contribution is 6.30. The molecule has 0 N–H and O–H groups in total. The van der Waals surface area contributed by atoms with E-state index in [9.17, 15) is 15.2 Å². The van der Waals surface area contributed by atoms with Crippen molar-refractivity contribution in [3.05, 3.63) is 94.0 Å². The van der Waals surface area contributed by atoms with E-state index >= 15 is 0 Å². The zero-order valence-corrected chi connectivity index (χ0v) is 16.8. The Bertz CT molecular complexity index is 1130. The molecule has 0 aromatic heterocycles. The first kappa shape index (κ1) is 21.0. The van der Waals surface area contributed by atoms with Crippen LogP contribution < -0.4 is 14.6 Å². The van der Waals surface area contributed by atoms with Crippen LogP contribution in [0.4, 0.5) is 0 Å². The van der Waals surface area contributed by atoms with Crippen molar-refractivity contribution in [3.8, 4) is 17.6 Å². The summed E-state index contributed by atoms with van der Waals surface area (Å²) >= 11 is 5.94. The van der Waals surface area contributed by atoms with E-state index in [4.69, 9.17) is 21.1 Å². The molecule has 3 aromatic rings. The summed E-state index contributed by atoms with van der Waals surface area (Å²) in [5.41, 5.74) is 2.54. The van der Waals surface area contributed by atoms with Crippen LogP contribution in [0.1, 0.15) is 27.0 Å². The van der Waals surface area contributed by atoms with Crippen LogP contribution >= 0.6 is 11.6 Å². The van der Waals surface area contributed by atoms with Crippen LogP contribution in [-0.2, 0) is 6.61 Å². The maximum atomic E-state index is 11.1. The summed E-state index contributed by atoms with van der Waals surface area (Å²) in [6, 6.07) is 20.9. The molecule has 0 fully saturated rings. The van der Waals surface area contributed by atoms with Crippen molar-refractivity contribution in [2.45, 2.75) is 6.61 Å². The number of nitrogens with zero attached hydrogens (tertiary/aromatic N) is 1. The molecule has 0 aliphatic heterocycles. The van der Waals surface area contributed by atoms with Crippen LogP contribution in [0.3, 0.4) is 0 Å². The molecule has 6 heteroatoms. The molecule has 0 bridgehead atoms. The lowest BCUT2D eigenvalue weighted by Crippen LogP contribution is -2.22. The summed E-state index contributed by atoms with van der Waals surface area (Å²) in [4.78, 5) is 11.1. The Labute approximate surface area is 179 Å². The van der Waals surface area contributed by atoms with Crippen molar-refractivity contribution in [3.63, 3.8) is 0 Å². The minimum Gasteiger partial charge on any atom is -0.545 e. The van der Waals surface area contributed by atoms with Crippen molar-refractivity contribution in [1.29, 1.82) is 5.26 Å². The summed E-state index contributed by atoms with van der Waals surface area (Å²) in [7, 11) is 1.52. The van der Waals surface area contributed by atoms with Gasteiger partial charge < -0.3 is 19.4 Å². The van der Waals surface area contributed by atoms with E-state index in [0.29, 0.717) is 33.2 Å². The van der Waals surface area contributed by atoms with Gasteiger partial charge >= 0.3 is 0 Å². The number of benzene rings is 3. The van der Waals surface area contributed by atoms with E-state index in [2.05, 4.69) is 6.07 Å². The third-order valence-electron chi connectivity index (χ3n) is 4.35. The van der Waals surface area contributed by atoms with Gasteiger partial charge in [-0.15, -0.1) is 0 Å². The van der Waals surface area contributed by atoms with Crippen LogP contribution in [-0.4, -0.2) is 13.1 Å². The molecule has 30 heavy (non-hydrogen) atoms. The van der Waals surface area contributed by atoms with Gasteiger partial charge in [0.05, 0.1) is 24.7 Å². The van der Waals surface area contributed by atoms with Crippen molar-refractivity contribution in [2.75, 3.05) is 7.11 Å². The molecule has 0 amide bonds. The highest BCUT2D eigenvalue weighted by atomic mass is 35.5. The summed E-state index contributed by atoms with van der Waals surface area (Å²) in [6.45, 7) is 0.116. The molecular weight excluding hydrogens is 402 g/mol. The average molecular weight is 419 g/mol. The zero-order chi connectivity index (χ0) is 21.5. The van der Waals surface area contributed by atoms with Crippen molar-refractivity contribution in [2.24, 2.45) is 0 Å². The molecule has 0 spiro atoms. The monoisotopic (exact) mass is 418 g/mol. The second kappa shape index (κ2) is 9.64. The number of halogens is 1. The van der Waals surface area contributed by atoms with Crippen molar-refractivity contribution >= 4 is 29.2 Å². The van der Waals surface area contributed by atoms with Gasteiger partial charge in [0.2, 0.25) is 0 Å². The zero-order valence-electron chi connectivity index (χ0n) is 16.1. The fourth-order valence-electron chi connectivity index (χ4n) is 2.87.